The molecule has 0 radical (unpaired) electrons. The van der Waals surface area contributed by atoms with Crippen LogP contribution >= 0.6 is 0 Å². The van der Waals surface area contributed by atoms with Gasteiger partial charge in [0.25, 0.3) is 0 Å². The average molecular weight is 559 g/mol. The first-order valence-electron chi connectivity index (χ1n) is 14.8. The van der Waals surface area contributed by atoms with E-state index in [4.69, 9.17) is 9.97 Å². The number of rotatable bonds is 6. The SMILES string of the molecule is C=CC(=O)N1CCN(c2nc(N3CC(N(C)C)C3)nc3c2CC[C@@H](N2CCCc4ccc(F)cc42)C3)C[C@@H]1CC#N. The molecule has 0 spiro atoms. The van der Waals surface area contributed by atoms with Crippen LogP contribution in [0.25, 0.3) is 0 Å². The molecule has 216 valence electrons. The lowest BCUT2D eigenvalue weighted by atomic mass is 9.88. The third-order valence-corrected chi connectivity index (χ3v) is 9.30. The first kappa shape index (κ1) is 27.5. The highest BCUT2D eigenvalue weighted by Gasteiger charge is 2.37. The van der Waals surface area contributed by atoms with E-state index in [1.807, 2.05) is 6.07 Å². The number of nitrogens with zero attached hydrogens (tertiary/aromatic N) is 8. The van der Waals surface area contributed by atoms with Crippen LogP contribution in [0.3, 0.4) is 0 Å². The number of anilines is 3. The molecule has 2 fully saturated rings. The summed E-state index contributed by atoms with van der Waals surface area (Å²) in [7, 11) is 4.20. The zero-order valence-electron chi connectivity index (χ0n) is 24.1. The number of piperazine rings is 1. The van der Waals surface area contributed by atoms with E-state index >= 15 is 0 Å². The van der Waals surface area contributed by atoms with Gasteiger partial charge in [0.15, 0.2) is 0 Å². The van der Waals surface area contributed by atoms with Crippen molar-refractivity contribution in [3.8, 4) is 6.07 Å². The van der Waals surface area contributed by atoms with Crippen LogP contribution in [0, 0.1) is 17.1 Å². The lowest BCUT2D eigenvalue weighted by molar-refractivity contribution is -0.128. The summed E-state index contributed by atoms with van der Waals surface area (Å²) in [4.78, 5) is 33.7. The number of aryl methyl sites for hydroxylation is 1. The number of aromatic nitrogens is 2. The number of halogens is 1. The molecule has 6 rings (SSSR count). The minimum Gasteiger partial charge on any atom is -0.368 e. The number of hydrogen-bond acceptors (Lipinski definition) is 8. The number of amides is 1. The van der Waals surface area contributed by atoms with Gasteiger partial charge in [-0.25, -0.2) is 9.37 Å². The molecule has 4 heterocycles. The fourth-order valence-electron chi connectivity index (χ4n) is 6.87. The van der Waals surface area contributed by atoms with Gasteiger partial charge in [0.05, 0.1) is 24.2 Å². The van der Waals surface area contributed by atoms with E-state index in [9.17, 15) is 14.4 Å². The highest BCUT2D eigenvalue weighted by atomic mass is 19.1. The molecule has 9 nitrogen and oxygen atoms in total. The van der Waals surface area contributed by atoms with Gasteiger partial charge in [-0.2, -0.15) is 10.2 Å². The van der Waals surface area contributed by atoms with Crippen molar-refractivity contribution in [1.82, 2.24) is 19.8 Å². The van der Waals surface area contributed by atoms with E-state index < -0.39 is 0 Å². The predicted molar refractivity (Wildman–Crippen MR) is 158 cm³/mol. The second-order valence-corrected chi connectivity index (χ2v) is 12.0. The van der Waals surface area contributed by atoms with Crippen LogP contribution in [0.5, 0.6) is 0 Å². The van der Waals surface area contributed by atoms with Crippen LogP contribution in [-0.4, -0.2) is 97.2 Å². The minimum absolute atomic E-state index is 0.133. The molecule has 2 saturated heterocycles. The standard InChI is InChI=1S/C31H39FN8O/c1-4-29(41)40-15-14-37(18-24(40)11-12-33)30-26-10-9-23(39-13-5-6-21-7-8-22(32)16-28(21)39)17-27(26)34-31(35-30)38-19-25(20-38)36(2)3/h4,7-8,16,23-25H,1,5-6,9-11,13-15,17-20H2,2-3H3/t23-,24+/m1/s1. The van der Waals surface area contributed by atoms with Crippen LogP contribution < -0.4 is 14.7 Å². The molecule has 41 heavy (non-hydrogen) atoms. The Morgan fingerprint density at radius 2 is 2.00 bits per heavy atom. The summed E-state index contributed by atoms with van der Waals surface area (Å²) in [5.41, 5.74) is 4.49. The van der Waals surface area contributed by atoms with Crippen molar-refractivity contribution in [3.63, 3.8) is 0 Å². The molecule has 1 amide bonds. The Balaban J connectivity index is 1.32. The second-order valence-electron chi connectivity index (χ2n) is 12.0. The first-order chi connectivity index (χ1) is 19.9. The second kappa shape index (κ2) is 11.3. The van der Waals surface area contributed by atoms with Crippen molar-refractivity contribution in [2.24, 2.45) is 0 Å². The third-order valence-electron chi connectivity index (χ3n) is 9.30. The van der Waals surface area contributed by atoms with Crippen LogP contribution in [0.15, 0.2) is 30.9 Å². The van der Waals surface area contributed by atoms with E-state index in [2.05, 4.69) is 46.3 Å². The summed E-state index contributed by atoms with van der Waals surface area (Å²) in [5, 5.41) is 9.51. The van der Waals surface area contributed by atoms with Gasteiger partial charge in [-0.1, -0.05) is 12.6 Å². The zero-order valence-corrected chi connectivity index (χ0v) is 24.1. The fraction of sp³-hybridized carbons (Fsp3) is 0.548. The van der Waals surface area contributed by atoms with Gasteiger partial charge in [0.2, 0.25) is 11.9 Å². The van der Waals surface area contributed by atoms with Gasteiger partial charge < -0.3 is 24.5 Å². The van der Waals surface area contributed by atoms with E-state index in [0.29, 0.717) is 25.7 Å². The maximum absolute atomic E-state index is 14.3. The van der Waals surface area contributed by atoms with Gasteiger partial charge in [-0.3, -0.25) is 4.79 Å². The van der Waals surface area contributed by atoms with Gasteiger partial charge in [-0.05, 0) is 63.6 Å². The average Bonchev–Trinajstić information content (AvgIpc) is 2.95. The molecule has 0 unspecified atom stereocenters. The predicted octanol–water partition coefficient (Wildman–Crippen LogP) is 2.79. The molecular formula is C31H39FN8O. The molecule has 2 atom stereocenters. The molecule has 1 aromatic heterocycles. The number of benzene rings is 1. The molecule has 3 aliphatic heterocycles. The van der Waals surface area contributed by atoms with E-state index in [0.717, 1.165) is 74.9 Å². The minimum atomic E-state index is -0.216. The Kier molecular flexibility index (Phi) is 7.56. The Hall–Kier alpha value is -3.71. The lowest BCUT2D eigenvalue weighted by Gasteiger charge is -2.45. The van der Waals surface area contributed by atoms with Crippen LogP contribution in [0.4, 0.5) is 21.8 Å². The number of nitriles is 1. The largest absolute Gasteiger partial charge is 0.368 e. The molecule has 0 saturated carbocycles. The van der Waals surface area contributed by atoms with Crippen LogP contribution in [0.2, 0.25) is 0 Å². The Labute approximate surface area is 241 Å². The number of likely N-dealkylation sites (N-methyl/N-ethyl adjacent to an activating group) is 1. The smallest absolute Gasteiger partial charge is 0.246 e. The van der Waals surface area contributed by atoms with Gasteiger partial charge in [0, 0.05) is 69.0 Å². The monoisotopic (exact) mass is 558 g/mol. The van der Waals surface area contributed by atoms with Crippen molar-refractivity contribution < 1.29 is 9.18 Å². The normalized spacial score (nSPS) is 22.6. The van der Waals surface area contributed by atoms with E-state index in [1.54, 1.807) is 17.0 Å². The van der Waals surface area contributed by atoms with Crippen molar-refractivity contribution >= 4 is 23.4 Å². The molecule has 10 heteroatoms. The van der Waals surface area contributed by atoms with Crippen molar-refractivity contribution in [3.05, 3.63) is 53.5 Å². The Morgan fingerprint density at radius 1 is 1.17 bits per heavy atom. The lowest BCUT2D eigenvalue weighted by Crippen LogP contribution is -2.58. The molecule has 1 aromatic carbocycles. The number of hydrogen-bond donors (Lipinski definition) is 0. The topological polar surface area (TPSA) is 82.8 Å². The summed E-state index contributed by atoms with van der Waals surface area (Å²) >= 11 is 0. The van der Waals surface area contributed by atoms with Crippen LogP contribution in [0.1, 0.15) is 36.1 Å². The molecule has 1 aliphatic carbocycles. The summed E-state index contributed by atoms with van der Waals surface area (Å²) in [6.45, 7) is 8.06. The van der Waals surface area contributed by atoms with Gasteiger partial charge in [-0.15, -0.1) is 0 Å². The number of carbonyl (C=O) groups is 1. The molecule has 2 aromatic rings. The molecular weight excluding hydrogens is 519 g/mol. The van der Waals surface area contributed by atoms with Crippen LogP contribution in [-0.2, 0) is 24.1 Å². The highest BCUT2D eigenvalue weighted by molar-refractivity contribution is 5.87. The van der Waals surface area contributed by atoms with Crippen molar-refractivity contribution in [1.29, 1.82) is 5.26 Å². The number of carbonyl (C=O) groups excluding carboxylic acids is 1. The van der Waals surface area contributed by atoms with E-state index in [1.165, 1.54) is 17.2 Å². The van der Waals surface area contributed by atoms with Crippen molar-refractivity contribution in [2.45, 2.75) is 56.7 Å². The number of fused-ring (bicyclic) bond motifs is 2. The van der Waals surface area contributed by atoms with Gasteiger partial charge in [0.1, 0.15) is 11.6 Å². The zero-order chi connectivity index (χ0) is 28.7. The third kappa shape index (κ3) is 5.23. The van der Waals surface area contributed by atoms with Gasteiger partial charge >= 0.3 is 0 Å². The molecule has 0 bridgehead atoms. The maximum atomic E-state index is 14.3. The molecule has 0 N–H and O–H groups in total. The highest BCUT2D eigenvalue weighted by Crippen LogP contribution is 2.37. The first-order valence-corrected chi connectivity index (χ1v) is 14.8. The van der Waals surface area contributed by atoms with Crippen molar-refractivity contribution in [2.75, 3.05) is 68.1 Å². The summed E-state index contributed by atoms with van der Waals surface area (Å²) in [6.07, 6.45) is 6.22. The molecule has 4 aliphatic rings. The quantitative estimate of drug-likeness (QED) is 0.501. The van der Waals surface area contributed by atoms with E-state index in [-0.39, 0.29) is 30.2 Å². The maximum Gasteiger partial charge on any atom is 0.246 e. The summed E-state index contributed by atoms with van der Waals surface area (Å²) < 4.78 is 14.3. The fourth-order valence-corrected chi connectivity index (χ4v) is 6.87. The summed E-state index contributed by atoms with van der Waals surface area (Å²) in [5.74, 6) is 1.37. The Morgan fingerprint density at radius 3 is 2.76 bits per heavy atom. The summed E-state index contributed by atoms with van der Waals surface area (Å²) in [6, 6.07) is 7.97. The Bertz CT molecular complexity index is 1370.